The molecule has 0 saturated carbocycles. The first kappa shape index (κ1) is 16.7. The number of ether oxygens (including phenoxy) is 1. The van der Waals surface area contributed by atoms with Crippen molar-refractivity contribution in [2.75, 3.05) is 44.7 Å². The Hall–Kier alpha value is -2.11. The molecule has 1 aromatic carbocycles. The fourth-order valence-corrected chi connectivity index (χ4v) is 2.96. The third-order valence-electron chi connectivity index (χ3n) is 4.34. The third kappa shape index (κ3) is 4.46. The van der Waals surface area contributed by atoms with Crippen molar-refractivity contribution in [3.63, 3.8) is 0 Å². The highest BCUT2D eigenvalue weighted by molar-refractivity contribution is 5.51. The molecule has 0 amide bonds. The molecular formula is C19H25N3O2. The van der Waals surface area contributed by atoms with E-state index in [2.05, 4.69) is 22.3 Å². The van der Waals surface area contributed by atoms with Crippen molar-refractivity contribution in [3.8, 4) is 0 Å². The van der Waals surface area contributed by atoms with E-state index in [1.165, 1.54) is 0 Å². The van der Waals surface area contributed by atoms with Gasteiger partial charge >= 0.3 is 0 Å². The van der Waals surface area contributed by atoms with Crippen molar-refractivity contribution < 1.29 is 4.74 Å². The minimum atomic E-state index is 0.0312. The Labute approximate surface area is 142 Å². The molecule has 2 aromatic rings. The van der Waals surface area contributed by atoms with Crippen LogP contribution in [0.2, 0.25) is 0 Å². The quantitative estimate of drug-likeness (QED) is 0.881. The lowest BCUT2D eigenvalue weighted by atomic mass is 10.1. The molecule has 1 fully saturated rings. The van der Waals surface area contributed by atoms with Crippen LogP contribution in [0.1, 0.15) is 11.1 Å². The molecule has 24 heavy (non-hydrogen) atoms. The van der Waals surface area contributed by atoms with Crippen LogP contribution in [0.25, 0.3) is 0 Å². The van der Waals surface area contributed by atoms with E-state index in [0.29, 0.717) is 6.54 Å². The molecule has 1 N–H and O–H groups in total. The van der Waals surface area contributed by atoms with Crippen LogP contribution in [0.4, 0.5) is 5.69 Å². The zero-order valence-electron chi connectivity index (χ0n) is 14.2. The standard InChI is InChI=1S/C19H25N3O2/c1-16-6-7-19(23)22(14-16)15-17-4-2-3-5-18(17)20-8-9-21-10-12-24-13-11-21/h2-7,14,20H,8-13,15H2,1H3. The molecule has 1 saturated heterocycles. The molecule has 5 nitrogen and oxygen atoms in total. The van der Waals surface area contributed by atoms with Crippen LogP contribution >= 0.6 is 0 Å². The van der Waals surface area contributed by atoms with Gasteiger partial charge in [-0.1, -0.05) is 24.3 Å². The number of rotatable bonds is 6. The fraction of sp³-hybridized carbons (Fsp3) is 0.421. The molecule has 0 atom stereocenters. The minimum Gasteiger partial charge on any atom is -0.383 e. The molecule has 0 unspecified atom stereocenters. The van der Waals surface area contributed by atoms with Crippen LogP contribution in [0.5, 0.6) is 0 Å². The predicted octanol–water partition coefficient (Wildman–Crippen LogP) is 1.95. The van der Waals surface area contributed by atoms with Crippen molar-refractivity contribution in [2.24, 2.45) is 0 Å². The Morgan fingerprint density at radius 3 is 2.75 bits per heavy atom. The summed E-state index contributed by atoms with van der Waals surface area (Å²) in [6.07, 6.45) is 1.91. The Morgan fingerprint density at radius 2 is 1.92 bits per heavy atom. The van der Waals surface area contributed by atoms with Crippen LogP contribution in [0.15, 0.2) is 47.4 Å². The summed E-state index contributed by atoms with van der Waals surface area (Å²) in [5.74, 6) is 0. The highest BCUT2D eigenvalue weighted by atomic mass is 16.5. The first-order valence-electron chi connectivity index (χ1n) is 8.51. The Kier molecular flexibility index (Phi) is 5.67. The van der Waals surface area contributed by atoms with Crippen LogP contribution in [-0.2, 0) is 11.3 Å². The number of pyridine rings is 1. The van der Waals surface area contributed by atoms with Crippen LogP contribution in [-0.4, -0.2) is 48.9 Å². The normalized spacial score (nSPS) is 15.4. The van der Waals surface area contributed by atoms with E-state index < -0.39 is 0 Å². The monoisotopic (exact) mass is 327 g/mol. The Balaban J connectivity index is 1.64. The molecular weight excluding hydrogens is 302 g/mol. The van der Waals surface area contributed by atoms with E-state index in [4.69, 9.17) is 4.74 Å². The summed E-state index contributed by atoms with van der Waals surface area (Å²) in [6, 6.07) is 11.7. The van der Waals surface area contributed by atoms with Gasteiger partial charge in [0.2, 0.25) is 0 Å². The van der Waals surface area contributed by atoms with Gasteiger partial charge in [0, 0.05) is 44.1 Å². The maximum absolute atomic E-state index is 12.0. The Bertz CT molecular complexity index is 721. The van der Waals surface area contributed by atoms with Gasteiger partial charge in [-0.25, -0.2) is 0 Å². The molecule has 128 valence electrons. The third-order valence-corrected chi connectivity index (χ3v) is 4.34. The van der Waals surface area contributed by atoms with Gasteiger partial charge in [-0.3, -0.25) is 9.69 Å². The van der Waals surface area contributed by atoms with Gasteiger partial charge in [-0.15, -0.1) is 0 Å². The molecule has 3 rings (SSSR count). The summed E-state index contributed by atoms with van der Waals surface area (Å²) in [5.41, 5.74) is 3.35. The second kappa shape index (κ2) is 8.13. The van der Waals surface area contributed by atoms with Gasteiger partial charge in [0.1, 0.15) is 0 Å². The fourth-order valence-electron chi connectivity index (χ4n) is 2.96. The lowest BCUT2D eigenvalue weighted by Gasteiger charge is -2.26. The molecule has 5 heteroatoms. The lowest BCUT2D eigenvalue weighted by Crippen LogP contribution is -2.39. The van der Waals surface area contributed by atoms with Crippen molar-refractivity contribution in [3.05, 3.63) is 64.1 Å². The lowest BCUT2D eigenvalue weighted by molar-refractivity contribution is 0.0398. The van der Waals surface area contributed by atoms with Crippen molar-refractivity contribution >= 4 is 5.69 Å². The summed E-state index contributed by atoms with van der Waals surface area (Å²) in [7, 11) is 0. The maximum atomic E-state index is 12.0. The van der Waals surface area contributed by atoms with E-state index in [1.807, 2.05) is 31.3 Å². The number of aryl methyl sites for hydroxylation is 1. The average molecular weight is 327 g/mol. The smallest absolute Gasteiger partial charge is 0.250 e. The molecule has 0 spiro atoms. The number of aromatic nitrogens is 1. The number of benzene rings is 1. The van der Waals surface area contributed by atoms with Gasteiger partial charge < -0.3 is 14.6 Å². The molecule has 0 radical (unpaired) electrons. The summed E-state index contributed by atoms with van der Waals surface area (Å²) in [6.45, 7) is 8.13. The second-order valence-corrected chi connectivity index (χ2v) is 6.21. The second-order valence-electron chi connectivity index (χ2n) is 6.21. The number of para-hydroxylation sites is 1. The highest BCUT2D eigenvalue weighted by Crippen LogP contribution is 2.16. The van der Waals surface area contributed by atoms with Crippen LogP contribution < -0.4 is 10.9 Å². The summed E-state index contributed by atoms with van der Waals surface area (Å²) >= 11 is 0. The van der Waals surface area contributed by atoms with Crippen molar-refractivity contribution in [2.45, 2.75) is 13.5 Å². The van der Waals surface area contributed by atoms with Gasteiger partial charge in [-0.2, -0.15) is 0 Å². The summed E-state index contributed by atoms with van der Waals surface area (Å²) in [5, 5.41) is 3.52. The number of hydrogen-bond acceptors (Lipinski definition) is 4. The van der Waals surface area contributed by atoms with E-state index in [9.17, 15) is 4.79 Å². The van der Waals surface area contributed by atoms with Crippen molar-refractivity contribution in [1.82, 2.24) is 9.47 Å². The number of anilines is 1. The predicted molar refractivity (Wildman–Crippen MR) is 96.7 cm³/mol. The van der Waals surface area contributed by atoms with Gasteiger partial charge in [0.05, 0.1) is 19.8 Å². The summed E-state index contributed by atoms with van der Waals surface area (Å²) in [4.78, 5) is 14.4. The maximum Gasteiger partial charge on any atom is 0.250 e. The first-order chi connectivity index (χ1) is 11.7. The molecule has 1 aliphatic rings. The molecule has 0 aliphatic carbocycles. The van der Waals surface area contributed by atoms with Gasteiger partial charge in [0.25, 0.3) is 5.56 Å². The van der Waals surface area contributed by atoms with Crippen LogP contribution in [0.3, 0.4) is 0 Å². The first-order valence-corrected chi connectivity index (χ1v) is 8.51. The highest BCUT2D eigenvalue weighted by Gasteiger charge is 2.10. The zero-order valence-corrected chi connectivity index (χ0v) is 14.2. The zero-order chi connectivity index (χ0) is 16.8. The number of hydrogen-bond donors (Lipinski definition) is 1. The summed E-state index contributed by atoms with van der Waals surface area (Å²) < 4.78 is 7.14. The minimum absolute atomic E-state index is 0.0312. The van der Waals surface area contributed by atoms with E-state index in [1.54, 1.807) is 10.6 Å². The number of nitrogens with zero attached hydrogens (tertiary/aromatic N) is 2. The van der Waals surface area contributed by atoms with Gasteiger partial charge in [-0.05, 0) is 24.1 Å². The van der Waals surface area contributed by atoms with Crippen LogP contribution in [0, 0.1) is 6.92 Å². The number of morpholine rings is 1. The van der Waals surface area contributed by atoms with E-state index >= 15 is 0 Å². The average Bonchev–Trinajstić information content (AvgIpc) is 2.60. The molecule has 2 heterocycles. The van der Waals surface area contributed by atoms with E-state index in [0.717, 1.165) is 56.2 Å². The SMILES string of the molecule is Cc1ccc(=O)n(Cc2ccccc2NCCN2CCOCC2)c1. The largest absolute Gasteiger partial charge is 0.383 e. The van der Waals surface area contributed by atoms with Crippen molar-refractivity contribution in [1.29, 1.82) is 0 Å². The molecule has 1 aliphatic heterocycles. The van der Waals surface area contributed by atoms with Gasteiger partial charge in [0.15, 0.2) is 0 Å². The Morgan fingerprint density at radius 1 is 1.12 bits per heavy atom. The topological polar surface area (TPSA) is 46.5 Å². The van der Waals surface area contributed by atoms with E-state index in [-0.39, 0.29) is 5.56 Å². The molecule has 0 bridgehead atoms. The number of nitrogens with one attached hydrogen (secondary N) is 1. The molecule has 1 aromatic heterocycles.